The smallest absolute Gasteiger partial charge is 0.407 e. The van der Waals surface area contributed by atoms with E-state index in [-0.39, 0.29) is 30.4 Å². The molecule has 2 aromatic rings. The molecule has 1 aliphatic heterocycles. The van der Waals surface area contributed by atoms with Crippen molar-refractivity contribution in [3.8, 4) is 0 Å². The van der Waals surface area contributed by atoms with Crippen LogP contribution in [-0.2, 0) is 20.9 Å². The average molecular weight is 314 g/mol. The molecule has 0 radical (unpaired) electrons. The molecule has 1 aromatic heterocycles. The quantitative estimate of drug-likeness (QED) is 0.770. The summed E-state index contributed by atoms with van der Waals surface area (Å²) in [5, 5.41) is 10.8. The van der Waals surface area contributed by atoms with Crippen LogP contribution in [0.15, 0.2) is 24.3 Å². The van der Waals surface area contributed by atoms with Gasteiger partial charge < -0.3 is 19.3 Å². The van der Waals surface area contributed by atoms with E-state index in [1.54, 1.807) is 24.3 Å². The molecule has 0 bridgehead atoms. The lowest BCUT2D eigenvalue weighted by Gasteiger charge is -2.31. The van der Waals surface area contributed by atoms with Crippen LogP contribution < -0.4 is 10.7 Å². The summed E-state index contributed by atoms with van der Waals surface area (Å²) in [7, 11) is 0. The van der Waals surface area contributed by atoms with Crippen LogP contribution >= 0.6 is 0 Å². The van der Waals surface area contributed by atoms with Gasteiger partial charge in [-0.15, -0.1) is 0 Å². The molecule has 1 aliphatic rings. The third-order valence-corrected chi connectivity index (χ3v) is 3.97. The summed E-state index contributed by atoms with van der Waals surface area (Å²) in [6.45, 7) is 0.949. The van der Waals surface area contributed by atoms with Crippen LogP contribution in [0.4, 0.5) is 4.79 Å². The normalized spacial score (nSPS) is 17.7. The van der Waals surface area contributed by atoms with Crippen LogP contribution in [0.25, 0.3) is 10.8 Å². The molecule has 0 aliphatic carbocycles. The van der Waals surface area contributed by atoms with E-state index in [1.807, 2.05) is 11.9 Å². The number of hydrogen-bond acceptors (Lipinski definition) is 4. The number of benzene rings is 1. The second kappa shape index (κ2) is 6.10. The standard InChI is InChI=1S/C16H14N2O5/c19-9-14-12-3-1-2-4-13(12)15(10-20)18(14)8-11-7-17(16(21)22)5-6-23-11/h1-4,11H,5-8H2,(H,21,22)/t11-/m1/s1. The lowest BCUT2D eigenvalue weighted by atomic mass is 10.2. The van der Waals surface area contributed by atoms with E-state index in [0.29, 0.717) is 17.3 Å². The second-order valence-electron chi connectivity index (χ2n) is 5.28. The number of carboxylic acid groups (broad SMARTS) is 1. The maximum absolute atomic E-state index is 11.4. The third-order valence-electron chi connectivity index (χ3n) is 3.97. The van der Waals surface area contributed by atoms with E-state index in [2.05, 4.69) is 0 Å². The Morgan fingerprint density at radius 2 is 1.83 bits per heavy atom. The van der Waals surface area contributed by atoms with Crippen molar-refractivity contribution in [3.05, 3.63) is 35.0 Å². The maximum atomic E-state index is 11.4. The van der Waals surface area contributed by atoms with Crippen molar-refractivity contribution in [1.29, 1.82) is 0 Å². The highest BCUT2D eigenvalue weighted by molar-refractivity contribution is 5.88. The van der Waals surface area contributed by atoms with Gasteiger partial charge >= 0.3 is 6.09 Å². The molecule has 1 fully saturated rings. The lowest BCUT2D eigenvalue weighted by Crippen LogP contribution is -2.48. The zero-order valence-corrected chi connectivity index (χ0v) is 12.2. The number of aromatic nitrogens is 1. The molecule has 1 N–H and O–H groups in total. The van der Waals surface area contributed by atoms with Gasteiger partial charge in [-0.05, 0) is 0 Å². The van der Waals surface area contributed by atoms with Gasteiger partial charge in [0, 0.05) is 17.3 Å². The van der Waals surface area contributed by atoms with E-state index >= 15 is 0 Å². The van der Waals surface area contributed by atoms with E-state index < -0.39 is 12.2 Å². The molecule has 1 saturated heterocycles. The zero-order chi connectivity index (χ0) is 16.4. The largest absolute Gasteiger partial charge is 0.465 e. The van der Waals surface area contributed by atoms with Gasteiger partial charge in [-0.3, -0.25) is 0 Å². The van der Waals surface area contributed by atoms with E-state index in [1.165, 1.54) is 9.47 Å². The molecular weight excluding hydrogens is 300 g/mol. The number of amides is 1. The van der Waals surface area contributed by atoms with Crippen molar-refractivity contribution in [2.24, 2.45) is 0 Å². The summed E-state index contributed by atoms with van der Waals surface area (Å²) >= 11 is 0. The van der Waals surface area contributed by atoms with Gasteiger partial charge in [-0.2, -0.15) is 0 Å². The summed E-state index contributed by atoms with van der Waals surface area (Å²) in [5.74, 6) is 3.73. The molecule has 1 atom stereocenters. The first kappa shape index (κ1) is 15.1. The first-order chi connectivity index (χ1) is 11.2. The van der Waals surface area contributed by atoms with Crippen molar-refractivity contribution in [3.63, 3.8) is 0 Å². The van der Waals surface area contributed by atoms with E-state index in [0.717, 1.165) is 0 Å². The van der Waals surface area contributed by atoms with Crippen molar-refractivity contribution in [1.82, 2.24) is 9.47 Å². The van der Waals surface area contributed by atoms with Crippen molar-refractivity contribution in [2.75, 3.05) is 19.7 Å². The van der Waals surface area contributed by atoms with E-state index in [9.17, 15) is 14.4 Å². The van der Waals surface area contributed by atoms with Crippen molar-refractivity contribution in [2.45, 2.75) is 12.6 Å². The van der Waals surface area contributed by atoms with Gasteiger partial charge in [0.15, 0.2) is 11.9 Å². The SMILES string of the molecule is O=C=c1c2ccccc2c(=C=O)n1C[C@H]1CN(C(=O)O)CCO1. The first-order valence-electron chi connectivity index (χ1n) is 7.12. The molecule has 1 aromatic carbocycles. The molecule has 7 nitrogen and oxygen atoms in total. The minimum atomic E-state index is -1.01. The monoisotopic (exact) mass is 314 g/mol. The molecule has 3 rings (SSSR count). The molecule has 7 heteroatoms. The fourth-order valence-electron chi connectivity index (χ4n) is 2.91. The Morgan fingerprint density at radius 3 is 2.35 bits per heavy atom. The van der Waals surface area contributed by atoms with Crippen molar-refractivity contribution >= 4 is 28.7 Å². The number of carbonyl (C=O) groups is 1. The molecule has 2 heterocycles. The lowest BCUT2D eigenvalue weighted by molar-refractivity contribution is -0.0297. The molecule has 23 heavy (non-hydrogen) atoms. The summed E-state index contributed by atoms with van der Waals surface area (Å²) in [6, 6.07) is 7.01. The van der Waals surface area contributed by atoms with Crippen molar-refractivity contribution < 1.29 is 24.2 Å². The number of nitrogens with zero attached hydrogens (tertiary/aromatic N) is 2. The summed E-state index contributed by atoms with van der Waals surface area (Å²) in [4.78, 5) is 35.1. The zero-order valence-electron chi connectivity index (χ0n) is 12.2. The topological polar surface area (TPSA) is 88.8 Å². The summed E-state index contributed by atoms with van der Waals surface area (Å²) in [6.07, 6.45) is -1.46. The van der Waals surface area contributed by atoms with Crippen LogP contribution in [0.3, 0.4) is 0 Å². The first-order valence-corrected chi connectivity index (χ1v) is 7.12. The van der Waals surface area contributed by atoms with Crippen LogP contribution in [0.2, 0.25) is 0 Å². The van der Waals surface area contributed by atoms with Crippen LogP contribution in [0.1, 0.15) is 0 Å². The predicted octanol–water partition coefficient (Wildman–Crippen LogP) is -0.973. The highest BCUT2D eigenvalue weighted by atomic mass is 16.5. The fourth-order valence-corrected chi connectivity index (χ4v) is 2.91. The Labute approximate surface area is 130 Å². The van der Waals surface area contributed by atoms with Crippen LogP contribution in [-0.4, -0.2) is 58.3 Å². The number of carbonyl (C=O) groups excluding carboxylic acids is 2. The molecule has 118 valence electrons. The van der Waals surface area contributed by atoms with Gasteiger partial charge in [0.25, 0.3) is 0 Å². The molecular formula is C16H14N2O5. The Hall–Kier alpha value is -2.85. The average Bonchev–Trinajstić information content (AvgIpc) is 2.87. The fraction of sp³-hybridized carbons (Fsp3) is 0.312. The molecule has 1 amide bonds. The Bertz CT molecular complexity index is 865. The van der Waals surface area contributed by atoms with E-state index in [4.69, 9.17) is 9.84 Å². The molecule has 0 unspecified atom stereocenters. The number of morpholine rings is 1. The highest BCUT2D eigenvalue weighted by Gasteiger charge is 2.25. The van der Waals surface area contributed by atoms with Crippen LogP contribution in [0.5, 0.6) is 0 Å². The van der Waals surface area contributed by atoms with Gasteiger partial charge in [-0.25, -0.2) is 14.4 Å². The number of fused-ring (bicyclic) bond motifs is 1. The predicted molar refractivity (Wildman–Crippen MR) is 80.1 cm³/mol. The summed E-state index contributed by atoms with van der Waals surface area (Å²) < 4.78 is 7.07. The van der Waals surface area contributed by atoms with Crippen LogP contribution in [0, 0.1) is 0 Å². The number of rotatable bonds is 2. The van der Waals surface area contributed by atoms with Gasteiger partial charge in [0.1, 0.15) is 10.7 Å². The molecule has 0 spiro atoms. The minimum absolute atomic E-state index is 0.181. The van der Waals surface area contributed by atoms with Gasteiger partial charge in [0.2, 0.25) is 0 Å². The third kappa shape index (κ3) is 2.64. The Balaban J connectivity index is 2.05. The van der Waals surface area contributed by atoms with Gasteiger partial charge in [0.05, 0.1) is 25.8 Å². The highest BCUT2D eigenvalue weighted by Crippen LogP contribution is 2.09. The second-order valence-corrected chi connectivity index (χ2v) is 5.28. The molecule has 0 saturated carbocycles. The number of ether oxygens (including phenoxy) is 1. The Kier molecular flexibility index (Phi) is 4.00. The maximum Gasteiger partial charge on any atom is 0.407 e. The summed E-state index contributed by atoms with van der Waals surface area (Å²) in [5.41, 5.74) is 0. The Morgan fingerprint density at radius 1 is 1.22 bits per heavy atom. The number of hydrogen-bond donors (Lipinski definition) is 1. The minimum Gasteiger partial charge on any atom is -0.465 e. The van der Waals surface area contributed by atoms with Gasteiger partial charge in [-0.1, -0.05) is 24.3 Å².